The first kappa shape index (κ1) is 22.9. The molecule has 27 heavy (non-hydrogen) atoms. The van der Waals surface area contributed by atoms with Gasteiger partial charge in [-0.15, -0.1) is 0 Å². The molecule has 0 saturated heterocycles. The van der Waals surface area contributed by atoms with E-state index in [-0.39, 0.29) is 5.56 Å². The molecule has 1 rings (SSSR count). The van der Waals surface area contributed by atoms with E-state index >= 15 is 0 Å². The van der Waals surface area contributed by atoms with Gasteiger partial charge in [-0.05, 0) is 30.2 Å². The largest absolute Gasteiger partial charge is 0.497 e. The number of esters is 1. The molecule has 0 fully saturated rings. The summed E-state index contributed by atoms with van der Waals surface area (Å²) in [5, 5.41) is 18.6. The predicted octanol–water partition coefficient (Wildman–Crippen LogP) is 3.15. The van der Waals surface area contributed by atoms with E-state index in [1.54, 1.807) is 12.1 Å². The van der Waals surface area contributed by atoms with Crippen LogP contribution in [-0.4, -0.2) is 48.4 Å². The monoisotopic (exact) mass is 378 g/mol. The fourth-order valence-electron chi connectivity index (χ4n) is 2.54. The molecule has 0 aliphatic carbocycles. The molecule has 0 saturated carbocycles. The number of ketones is 1. The van der Waals surface area contributed by atoms with E-state index in [1.165, 1.54) is 44.6 Å². The molecule has 2 N–H and O–H groups in total. The summed E-state index contributed by atoms with van der Waals surface area (Å²) in [5.74, 6) is -0.691. The third-order valence-corrected chi connectivity index (χ3v) is 4.14. The van der Waals surface area contributed by atoms with Crippen LogP contribution in [-0.2, 0) is 9.53 Å². The Kier molecular flexibility index (Phi) is 11.1. The van der Waals surface area contributed by atoms with Gasteiger partial charge in [-0.3, -0.25) is 4.79 Å². The van der Waals surface area contributed by atoms with E-state index in [4.69, 9.17) is 14.6 Å². The molecule has 0 radical (unpaired) electrons. The Labute approximate surface area is 160 Å². The molecular formula is C21H30O6. The van der Waals surface area contributed by atoms with Gasteiger partial charge in [0.1, 0.15) is 11.9 Å². The van der Waals surface area contributed by atoms with Crippen LogP contribution in [0, 0.1) is 0 Å². The van der Waals surface area contributed by atoms with Crippen molar-refractivity contribution in [1.82, 2.24) is 0 Å². The first-order chi connectivity index (χ1) is 13.0. The van der Waals surface area contributed by atoms with E-state index in [2.05, 4.69) is 6.92 Å². The second-order valence-corrected chi connectivity index (χ2v) is 6.28. The van der Waals surface area contributed by atoms with E-state index in [9.17, 15) is 14.7 Å². The highest BCUT2D eigenvalue weighted by molar-refractivity contribution is 6.03. The highest BCUT2D eigenvalue weighted by Crippen LogP contribution is 2.21. The van der Waals surface area contributed by atoms with E-state index in [0.29, 0.717) is 17.9 Å². The molecule has 6 heteroatoms. The van der Waals surface area contributed by atoms with Crippen molar-refractivity contribution in [2.24, 2.45) is 0 Å². The van der Waals surface area contributed by atoms with Gasteiger partial charge in [0.05, 0.1) is 20.3 Å². The van der Waals surface area contributed by atoms with Crippen molar-refractivity contribution in [3.63, 3.8) is 0 Å². The van der Waals surface area contributed by atoms with Crippen molar-refractivity contribution in [3.05, 3.63) is 35.4 Å². The quantitative estimate of drug-likeness (QED) is 0.237. The van der Waals surface area contributed by atoms with Crippen molar-refractivity contribution in [3.8, 4) is 5.75 Å². The van der Waals surface area contributed by atoms with E-state index in [1.807, 2.05) is 0 Å². The highest BCUT2D eigenvalue weighted by Gasteiger charge is 2.19. The Bertz CT molecular complexity index is 623. The average Bonchev–Trinajstić information content (AvgIpc) is 2.70. The second kappa shape index (κ2) is 13.1. The third kappa shape index (κ3) is 8.37. The number of aliphatic hydroxyl groups excluding tert-OH is 2. The summed E-state index contributed by atoms with van der Waals surface area (Å²) in [5.41, 5.74) is 0.598. The summed E-state index contributed by atoms with van der Waals surface area (Å²) in [4.78, 5) is 24.1. The number of hydrogen-bond acceptors (Lipinski definition) is 6. The van der Waals surface area contributed by atoms with Crippen LogP contribution in [0.5, 0.6) is 5.75 Å². The molecule has 1 aromatic carbocycles. The maximum Gasteiger partial charge on any atom is 0.330 e. The number of methoxy groups -OCH3 is 1. The van der Waals surface area contributed by atoms with Crippen molar-refractivity contribution in [1.29, 1.82) is 0 Å². The molecule has 0 amide bonds. The number of carbonyl (C=O) groups is 2. The highest BCUT2D eigenvalue weighted by atomic mass is 16.5. The Morgan fingerprint density at radius 1 is 1.15 bits per heavy atom. The maximum atomic E-state index is 12.2. The standard InChI is InChI=1S/C21H30O6/c1-3-4-5-6-7-8-13-27-20(24)12-10-16-9-11-17(26-2)14-18(16)21(25)19(23)15-22/h9-12,14,19,22-23H,3-8,13,15H2,1-2H3/b12-10+. The zero-order valence-electron chi connectivity index (χ0n) is 16.1. The van der Waals surface area contributed by atoms with Gasteiger partial charge < -0.3 is 19.7 Å². The van der Waals surface area contributed by atoms with Crippen LogP contribution < -0.4 is 4.74 Å². The molecule has 0 heterocycles. The Morgan fingerprint density at radius 2 is 1.85 bits per heavy atom. The lowest BCUT2D eigenvalue weighted by atomic mass is 9.99. The lowest BCUT2D eigenvalue weighted by Gasteiger charge is -2.11. The summed E-state index contributed by atoms with van der Waals surface area (Å²) < 4.78 is 10.2. The van der Waals surface area contributed by atoms with Crippen molar-refractivity contribution in [2.75, 3.05) is 20.3 Å². The van der Waals surface area contributed by atoms with Crippen LogP contribution in [0.1, 0.15) is 61.4 Å². The minimum absolute atomic E-state index is 0.163. The SMILES string of the molecule is CCCCCCCCOC(=O)/C=C/c1ccc(OC)cc1C(=O)C(O)CO. The molecule has 1 unspecified atom stereocenters. The predicted molar refractivity (Wildman–Crippen MR) is 104 cm³/mol. The minimum Gasteiger partial charge on any atom is -0.497 e. The lowest BCUT2D eigenvalue weighted by Crippen LogP contribution is -2.25. The fraction of sp³-hybridized carbons (Fsp3) is 0.524. The van der Waals surface area contributed by atoms with Gasteiger partial charge in [-0.1, -0.05) is 45.1 Å². The zero-order chi connectivity index (χ0) is 20.1. The number of unbranched alkanes of at least 4 members (excludes halogenated alkanes) is 5. The summed E-state index contributed by atoms with van der Waals surface area (Å²) in [6.45, 7) is 1.85. The molecule has 0 aliphatic rings. The molecule has 1 atom stereocenters. The van der Waals surface area contributed by atoms with Gasteiger partial charge >= 0.3 is 5.97 Å². The van der Waals surface area contributed by atoms with Gasteiger partial charge in [0.2, 0.25) is 0 Å². The van der Waals surface area contributed by atoms with Gasteiger partial charge in [-0.2, -0.15) is 0 Å². The second-order valence-electron chi connectivity index (χ2n) is 6.28. The number of carbonyl (C=O) groups excluding carboxylic acids is 2. The number of hydrogen-bond donors (Lipinski definition) is 2. The lowest BCUT2D eigenvalue weighted by molar-refractivity contribution is -0.137. The molecule has 1 aromatic rings. The van der Waals surface area contributed by atoms with Crippen LogP contribution in [0.3, 0.4) is 0 Å². The van der Waals surface area contributed by atoms with Crippen molar-refractivity contribution in [2.45, 2.75) is 51.6 Å². The Hall–Kier alpha value is -2.18. The molecule has 0 bridgehead atoms. The van der Waals surface area contributed by atoms with Crippen molar-refractivity contribution >= 4 is 17.8 Å². The minimum atomic E-state index is -1.52. The number of rotatable bonds is 13. The van der Waals surface area contributed by atoms with Gasteiger partial charge in [-0.25, -0.2) is 4.79 Å². The molecule has 6 nitrogen and oxygen atoms in total. The zero-order valence-corrected chi connectivity index (χ0v) is 16.1. The average molecular weight is 378 g/mol. The first-order valence-electron chi connectivity index (χ1n) is 9.39. The summed E-state index contributed by atoms with van der Waals surface area (Å²) in [6.07, 6.45) is 7.84. The number of benzene rings is 1. The van der Waals surface area contributed by atoms with Crippen LogP contribution in [0.4, 0.5) is 0 Å². The fourth-order valence-corrected chi connectivity index (χ4v) is 2.54. The van der Waals surface area contributed by atoms with Crippen molar-refractivity contribution < 1.29 is 29.3 Å². The van der Waals surface area contributed by atoms with Gasteiger partial charge in [0.15, 0.2) is 5.78 Å². The molecule has 0 spiro atoms. The maximum absolute atomic E-state index is 12.2. The number of aliphatic hydroxyl groups is 2. The molecule has 150 valence electrons. The third-order valence-electron chi connectivity index (χ3n) is 4.14. The van der Waals surface area contributed by atoms with Gasteiger partial charge in [0.25, 0.3) is 0 Å². The molecule has 0 aromatic heterocycles. The van der Waals surface area contributed by atoms with E-state index in [0.717, 1.165) is 19.3 Å². The van der Waals surface area contributed by atoms with Gasteiger partial charge in [0, 0.05) is 11.6 Å². The number of ether oxygens (including phenoxy) is 2. The molecular weight excluding hydrogens is 348 g/mol. The van der Waals surface area contributed by atoms with Crippen LogP contribution in [0.2, 0.25) is 0 Å². The van der Waals surface area contributed by atoms with E-state index < -0.39 is 24.5 Å². The summed E-state index contributed by atoms with van der Waals surface area (Å²) >= 11 is 0. The summed E-state index contributed by atoms with van der Waals surface area (Å²) in [6, 6.07) is 4.71. The first-order valence-corrected chi connectivity index (χ1v) is 9.39. The van der Waals surface area contributed by atoms with Crippen LogP contribution >= 0.6 is 0 Å². The van der Waals surface area contributed by atoms with Crippen LogP contribution in [0.15, 0.2) is 24.3 Å². The smallest absolute Gasteiger partial charge is 0.330 e. The topological polar surface area (TPSA) is 93.1 Å². The Balaban J connectivity index is 2.63. The number of Topliss-reactive ketones (excluding diaryl/α,β-unsaturated/α-hetero) is 1. The molecule has 0 aliphatic heterocycles. The Morgan fingerprint density at radius 3 is 2.52 bits per heavy atom. The normalized spacial score (nSPS) is 12.1. The summed E-state index contributed by atoms with van der Waals surface area (Å²) in [7, 11) is 1.46. The van der Waals surface area contributed by atoms with Crippen LogP contribution in [0.25, 0.3) is 6.08 Å².